The van der Waals surface area contributed by atoms with Gasteiger partial charge < -0.3 is 15.0 Å². The lowest BCUT2D eigenvalue weighted by Crippen LogP contribution is -2.35. The number of amides is 1. The number of ether oxygens (including phenoxy) is 1. The molecule has 2 heterocycles. The van der Waals surface area contributed by atoms with Crippen LogP contribution in [-0.4, -0.2) is 50.7 Å². The highest BCUT2D eigenvalue weighted by atomic mass is 16.5. The molecule has 0 unspecified atom stereocenters. The van der Waals surface area contributed by atoms with Crippen LogP contribution in [0.25, 0.3) is 0 Å². The van der Waals surface area contributed by atoms with Crippen LogP contribution in [0.3, 0.4) is 0 Å². The fraction of sp³-hybridized carbons (Fsp3) is 0.923. The number of carbonyl (C=O) groups excluding carboxylic acids is 1. The quantitative estimate of drug-likeness (QED) is 0.746. The maximum absolute atomic E-state index is 12.0. The third-order valence-electron chi connectivity index (χ3n) is 4.16. The molecule has 4 heteroatoms. The van der Waals surface area contributed by atoms with Crippen molar-refractivity contribution < 1.29 is 9.53 Å². The van der Waals surface area contributed by atoms with E-state index in [9.17, 15) is 4.79 Å². The summed E-state index contributed by atoms with van der Waals surface area (Å²) in [5.74, 6) is 0.337. The van der Waals surface area contributed by atoms with Crippen LogP contribution in [0.15, 0.2) is 0 Å². The first-order valence-corrected chi connectivity index (χ1v) is 6.76. The molecule has 2 rings (SSSR count). The lowest BCUT2D eigenvalue weighted by Gasteiger charge is -2.33. The van der Waals surface area contributed by atoms with Crippen LogP contribution < -0.4 is 5.32 Å². The minimum atomic E-state index is 0.337. The first-order valence-electron chi connectivity index (χ1n) is 6.76. The highest BCUT2D eigenvalue weighted by molar-refractivity contribution is 5.76. The van der Waals surface area contributed by atoms with Crippen LogP contribution in [0.1, 0.15) is 32.1 Å². The second-order valence-electron chi connectivity index (χ2n) is 5.38. The lowest BCUT2D eigenvalue weighted by atomic mass is 9.80. The van der Waals surface area contributed by atoms with Gasteiger partial charge in [0.05, 0.1) is 0 Å². The molecule has 98 valence electrons. The van der Waals surface area contributed by atoms with E-state index in [0.717, 1.165) is 52.1 Å². The summed E-state index contributed by atoms with van der Waals surface area (Å²) in [6, 6.07) is 0. The van der Waals surface area contributed by atoms with Crippen LogP contribution in [0, 0.1) is 5.41 Å². The molecule has 2 aliphatic rings. The van der Waals surface area contributed by atoms with Gasteiger partial charge >= 0.3 is 0 Å². The summed E-state index contributed by atoms with van der Waals surface area (Å²) in [6.07, 6.45) is 5.07. The van der Waals surface area contributed by atoms with Crippen molar-refractivity contribution in [2.75, 3.05) is 39.9 Å². The van der Waals surface area contributed by atoms with Gasteiger partial charge in [-0.2, -0.15) is 0 Å². The Morgan fingerprint density at radius 3 is 2.82 bits per heavy atom. The van der Waals surface area contributed by atoms with Gasteiger partial charge in [0.1, 0.15) is 0 Å². The molecule has 1 amide bonds. The molecule has 1 spiro atoms. The van der Waals surface area contributed by atoms with Crippen molar-refractivity contribution in [3.63, 3.8) is 0 Å². The Balaban J connectivity index is 1.78. The number of nitrogens with one attached hydrogen (secondary N) is 1. The molecule has 2 fully saturated rings. The molecule has 0 aromatic heterocycles. The molecule has 1 N–H and O–H groups in total. The maximum Gasteiger partial charge on any atom is 0.222 e. The van der Waals surface area contributed by atoms with Crippen LogP contribution in [0.5, 0.6) is 0 Å². The Labute approximate surface area is 104 Å². The van der Waals surface area contributed by atoms with Crippen LogP contribution in [0.2, 0.25) is 0 Å². The predicted molar refractivity (Wildman–Crippen MR) is 66.8 cm³/mol. The highest BCUT2D eigenvalue weighted by Gasteiger charge is 2.40. The largest absolute Gasteiger partial charge is 0.381 e. The first kappa shape index (κ1) is 12.8. The average Bonchev–Trinajstić information content (AvgIpc) is 2.74. The second kappa shape index (κ2) is 5.83. The third-order valence-corrected chi connectivity index (χ3v) is 4.16. The standard InChI is InChI=1S/C13H24N2O2/c1-14-7-2-3-12(16)15-8-4-13(11-15)5-9-17-10-6-13/h14H,2-11H2,1H3. The summed E-state index contributed by atoms with van der Waals surface area (Å²) >= 11 is 0. The van der Waals surface area contributed by atoms with Crippen molar-refractivity contribution in [2.24, 2.45) is 5.41 Å². The zero-order chi connectivity index (χ0) is 12.1. The monoisotopic (exact) mass is 240 g/mol. The van der Waals surface area contributed by atoms with E-state index in [1.807, 2.05) is 7.05 Å². The fourth-order valence-corrected chi connectivity index (χ4v) is 2.94. The molecule has 0 bridgehead atoms. The van der Waals surface area contributed by atoms with E-state index in [0.29, 0.717) is 17.7 Å². The lowest BCUT2D eigenvalue weighted by molar-refractivity contribution is -0.131. The highest BCUT2D eigenvalue weighted by Crippen LogP contribution is 2.39. The summed E-state index contributed by atoms with van der Waals surface area (Å²) in [5, 5.41) is 3.08. The molecule has 0 atom stereocenters. The summed E-state index contributed by atoms with van der Waals surface area (Å²) in [5.41, 5.74) is 0.386. The van der Waals surface area contributed by atoms with Crippen molar-refractivity contribution in [3.8, 4) is 0 Å². The number of hydrogen-bond donors (Lipinski definition) is 1. The zero-order valence-electron chi connectivity index (χ0n) is 10.8. The van der Waals surface area contributed by atoms with Gasteiger partial charge in [-0.25, -0.2) is 0 Å². The SMILES string of the molecule is CNCCCC(=O)N1CCC2(CCOCC2)C1. The number of rotatable bonds is 4. The average molecular weight is 240 g/mol. The fourth-order valence-electron chi connectivity index (χ4n) is 2.94. The van der Waals surface area contributed by atoms with E-state index >= 15 is 0 Å². The number of carbonyl (C=O) groups is 1. The molecule has 17 heavy (non-hydrogen) atoms. The normalized spacial score (nSPS) is 23.2. The molecular weight excluding hydrogens is 216 g/mol. The molecular formula is C13H24N2O2. The van der Waals surface area contributed by atoms with Gasteiger partial charge in [-0.1, -0.05) is 0 Å². The van der Waals surface area contributed by atoms with Crippen LogP contribution in [0.4, 0.5) is 0 Å². The van der Waals surface area contributed by atoms with Gasteiger partial charge in [0.2, 0.25) is 5.91 Å². The number of likely N-dealkylation sites (tertiary alicyclic amines) is 1. The van der Waals surface area contributed by atoms with Crippen molar-refractivity contribution >= 4 is 5.91 Å². The molecule has 0 saturated carbocycles. The molecule has 4 nitrogen and oxygen atoms in total. The smallest absolute Gasteiger partial charge is 0.222 e. The van der Waals surface area contributed by atoms with E-state index in [-0.39, 0.29) is 0 Å². The number of nitrogens with zero attached hydrogens (tertiary/aromatic N) is 1. The predicted octanol–water partition coefficient (Wildman–Crippen LogP) is 1.02. The molecule has 2 aliphatic heterocycles. The molecule has 0 aromatic rings. The van der Waals surface area contributed by atoms with Crippen LogP contribution >= 0.6 is 0 Å². The minimum absolute atomic E-state index is 0.337. The van der Waals surface area contributed by atoms with Gasteiger partial charge in [-0.3, -0.25) is 4.79 Å². The van der Waals surface area contributed by atoms with Gasteiger partial charge in [0.25, 0.3) is 0 Å². The summed E-state index contributed by atoms with van der Waals surface area (Å²) in [6.45, 7) is 4.61. The second-order valence-corrected chi connectivity index (χ2v) is 5.38. The van der Waals surface area contributed by atoms with Gasteiger partial charge in [-0.15, -0.1) is 0 Å². The Kier molecular flexibility index (Phi) is 4.40. The summed E-state index contributed by atoms with van der Waals surface area (Å²) in [4.78, 5) is 14.1. The maximum atomic E-state index is 12.0. The summed E-state index contributed by atoms with van der Waals surface area (Å²) < 4.78 is 5.42. The molecule has 0 aliphatic carbocycles. The third kappa shape index (κ3) is 3.19. The van der Waals surface area contributed by atoms with Gasteiger partial charge in [0.15, 0.2) is 0 Å². The Morgan fingerprint density at radius 1 is 1.35 bits per heavy atom. The molecule has 2 saturated heterocycles. The van der Waals surface area contributed by atoms with Crippen molar-refractivity contribution in [1.29, 1.82) is 0 Å². The van der Waals surface area contributed by atoms with Crippen molar-refractivity contribution in [1.82, 2.24) is 10.2 Å². The van der Waals surface area contributed by atoms with E-state index < -0.39 is 0 Å². The van der Waals surface area contributed by atoms with Crippen molar-refractivity contribution in [3.05, 3.63) is 0 Å². The Bertz CT molecular complexity index is 262. The van der Waals surface area contributed by atoms with E-state index in [4.69, 9.17) is 4.74 Å². The van der Waals surface area contributed by atoms with E-state index in [1.165, 1.54) is 6.42 Å². The van der Waals surface area contributed by atoms with E-state index in [2.05, 4.69) is 10.2 Å². The Hall–Kier alpha value is -0.610. The number of hydrogen-bond acceptors (Lipinski definition) is 3. The van der Waals surface area contributed by atoms with Gasteiger partial charge in [-0.05, 0) is 44.7 Å². The molecule has 0 aromatic carbocycles. The molecule has 0 radical (unpaired) electrons. The zero-order valence-corrected chi connectivity index (χ0v) is 10.8. The topological polar surface area (TPSA) is 41.6 Å². The minimum Gasteiger partial charge on any atom is -0.381 e. The Morgan fingerprint density at radius 2 is 2.12 bits per heavy atom. The van der Waals surface area contributed by atoms with Crippen LogP contribution in [-0.2, 0) is 9.53 Å². The van der Waals surface area contributed by atoms with Crippen molar-refractivity contribution in [2.45, 2.75) is 32.1 Å². The van der Waals surface area contributed by atoms with E-state index in [1.54, 1.807) is 0 Å². The van der Waals surface area contributed by atoms with Gasteiger partial charge in [0, 0.05) is 32.7 Å². The summed E-state index contributed by atoms with van der Waals surface area (Å²) in [7, 11) is 1.93. The first-order chi connectivity index (χ1) is 8.26.